The fourth-order valence-corrected chi connectivity index (χ4v) is 5.01. The van der Waals surface area contributed by atoms with Gasteiger partial charge >= 0.3 is 0 Å². The van der Waals surface area contributed by atoms with E-state index in [1.54, 1.807) is 28.6 Å². The lowest BCUT2D eigenvalue weighted by Gasteiger charge is -2.31. The van der Waals surface area contributed by atoms with E-state index in [9.17, 15) is 13.2 Å². The number of benzene rings is 1. The van der Waals surface area contributed by atoms with E-state index in [2.05, 4.69) is 17.5 Å². The Bertz CT molecular complexity index is 707. The third kappa shape index (κ3) is 4.50. The molecule has 0 aromatic heterocycles. The van der Waals surface area contributed by atoms with E-state index in [0.29, 0.717) is 30.4 Å². The fraction of sp³-hybridized carbons (Fsp3) is 0.526. The number of allylic oxidation sites excluding steroid dienone is 2. The number of carbonyl (C=O) groups excluding carboxylic acids is 1. The number of nitrogens with one attached hydrogen (secondary N) is 1. The molecule has 1 fully saturated rings. The predicted octanol–water partition coefficient (Wildman–Crippen LogP) is 2.56. The Kier molecular flexibility index (Phi) is 5.91. The highest BCUT2D eigenvalue weighted by Gasteiger charge is 2.29. The van der Waals surface area contributed by atoms with Crippen LogP contribution in [0.3, 0.4) is 0 Å². The maximum atomic E-state index is 12.6. The minimum atomic E-state index is -3.40. The number of hydrogen-bond acceptors (Lipinski definition) is 3. The Labute approximate surface area is 150 Å². The van der Waals surface area contributed by atoms with Crippen molar-refractivity contribution in [2.75, 3.05) is 19.6 Å². The number of rotatable bonds is 5. The molecule has 6 heteroatoms. The van der Waals surface area contributed by atoms with Gasteiger partial charge in [-0.05, 0) is 50.2 Å². The van der Waals surface area contributed by atoms with E-state index in [0.717, 1.165) is 32.1 Å². The number of nitrogens with zero attached hydrogens (tertiary/aromatic N) is 1. The molecule has 25 heavy (non-hydrogen) atoms. The van der Waals surface area contributed by atoms with Crippen molar-refractivity contribution in [1.29, 1.82) is 0 Å². The summed E-state index contributed by atoms with van der Waals surface area (Å²) in [4.78, 5) is 12.6. The molecule has 1 aromatic rings. The molecule has 1 heterocycles. The first kappa shape index (κ1) is 18.1. The van der Waals surface area contributed by atoms with E-state index in [4.69, 9.17) is 0 Å². The molecule has 1 aliphatic heterocycles. The van der Waals surface area contributed by atoms with Crippen LogP contribution < -0.4 is 5.32 Å². The Morgan fingerprint density at radius 1 is 1.08 bits per heavy atom. The third-order valence-corrected chi connectivity index (χ3v) is 7.07. The lowest BCUT2D eigenvalue weighted by atomic mass is 9.93. The first-order valence-corrected chi connectivity index (χ1v) is 10.5. The summed E-state index contributed by atoms with van der Waals surface area (Å²) in [7, 11) is -3.40. The van der Waals surface area contributed by atoms with Gasteiger partial charge in [-0.2, -0.15) is 4.31 Å². The molecule has 0 radical (unpaired) electrons. The summed E-state index contributed by atoms with van der Waals surface area (Å²) < 4.78 is 26.8. The molecular weight excluding hydrogens is 336 g/mol. The van der Waals surface area contributed by atoms with Crippen molar-refractivity contribution in [3.8, 4) is 0 Å². The van der Waals surface area contributed by atoms with Crippen LogP contribution in [-0.4, -0.2) is 38.3 Å². The molecular formula is C19H26N2O3S. The highest BCUT2D eigenvalue weighted by molar-refractivity contribution is 7.89. The van der Waals surface area contributed by atoms with Crippen LogP contribution in [0.25, 0.3) is 0 Å². The summed E-state index contributed by atoms with van der Waals surface area (Å²) >= 11 is 0. The zero-order valence-electron chi connectivity index (χ0n) is 14.4. The summed E-state index contributed by atoms with van der Waals surface area (Å²) in [5, 5.41) is 3.07. The van der Waals surface area contributed by atoms with Crippen LogP contribution in [0.15, 0.2) is 47.4 Å². The lowest BCUT2D eigenvalue weighted by molar-refractivity contribution is -0.125. The van der Waals surface area contributed by atoms with Gasteiger partial charge in [0.15, 0.2) is 0 Å². The van der Waals surface area contributed by atoms with Gasteiger partial charge in [0, 0.05) is 25.6 Å². The molecule has 1 N–H and O–H groups in total. The van der Waals surface area contributed by atoms with Gasteiger partial charge in [-0.25, -0.2) is 8.42 Å². The largest absolute Gasteiger partial charge is 0.356 e. The Morgan fingerprint density at radius 2 is 1.80 bits per heavy atom. The van der Waals surface area contributed by atoms with Gasteiger partial charge < -0.3 is 5.32 Å². The number of amides is 1. The summed E-state index contributed by atoms with van der Waals surface area (Å²) in [5.41, 5.74) is 0. The van der Waals surface area contributed by atoms with Gasteiger partial charge in [-0.15, -0.1) is 0 Å². The van der Waals surface area contributed by atoms with Crippen molar-refractivity contribution in [2.45, 2.75) is 37.0 Å². The molecule has 1 atom stereocenters. The smallest absolute Gasteiger partial charge is 0.243 e. The maximum absolute atomic E-state index is 12.6. The van der Waals surface area contributed by atoms with Crippen molar-refractivity contribution in [3.63, 3.8) is 0 Å². The molecule has 3 rings (SSSR count). The van der Waals surface area contributed by atoms with Gasteiger partial charge in [-0.1, -0.05) is 30.4 Å². The van der Waals surface area contributed by atoms with E-state index < -0.39 is 10.0 Å². The topological polar surface area (TPSA) is 66.5 Å². The van der Waals surface area contributed by atoms with Crippen LogP contribution in [0.1, 0.15) is 32.1 Å². The molecule has 0 spiro atoms. The van der Waals surface area contributed by atoms with E-state index >= 15 is 0 Å². The number of hydrogen-bond donors (Lipinski definition) is 1. The Hall–Kier alpha value is -1.66. The lowest BCUT2D eigenvalue weighted by Crippen LogP contribution is -2.42. The van der Waals surface area contributed by atoms with Gasteiger partial charge in [-0.3, -0.25) is 4.79 Å². The predicted molar refractivity (Wildman–Crippen MR) is 97.4 cm³/mol. The molecule has 1 saturated heterocycles. The second-order valence-electron chi connectivity index (χ2n) is 6.89. The standard InChI is InChI=1S/C19H26N2O3S/c22-19(17-7-3-1-4-8-17)20-15-16-11-13-21(14-12-16)25(23,24)18-9-5-2-6-10-18/h1-3,5-6,9-10,16-17H,4,7-8,11-15H2,(H,20,22). The van der Waals surface area contributed by atoms with Gasteiger partial charge in [0.05, 0.1) is 4.90 Å². The van der Waals surface area contributed by atoms with E-state index in [1.165, 1.54) is 0 Å². The minimum Gasteiger partial charge on any atom is -0.356 e. The first-order chi connectivity index (χ1) is 12.1. The van der Waals surface area contributed by atoms with Gasteiger partial charge in [0.1, 0.15) is 0 Å². The molecule has 1 aliphatic carbocycles. The van der Waals surface area contributed by atoms with Crippen LogP contribution in [0.4, 0.5) is 0 Å². The van der Waals surface area contributed by atoms with Crippen LogP contribution in [0.2, 0.25) is 0 Å². The number of piperidine rings is 1. The van der Waals surface area contributed by atoms with Crippen molar-refractivity contribution in [3.05, 3.63) is 42.5 Å². The van der Waals surface area contributed by atoms with Crippen molar-refractivity contribution in [1.82, 2.24) is 9.62 Å². The molecule has 136 valence electrons. The second-order valence-corrected chi connectivity index (χ2v) is 8.82. The van der Waals surface area contributed by atoms with Gasteiger partial charge in [0.25, 0.3) is 0 Å². The molecule has 2 aliphatic rings. The van der Waals surface area contributed by atoms with Crippen LogP contribution in [0.5, 0.6) is 0 Å². The average molecular weight is 362 g/mol. The SMILES string of the molecule is O=C(NCC1CCN(S(=O)(=O)c2ccccc2)CC1)C1CC=CCC1. The summed E-state index contributed by atoms with van der Waals surface area (Å²) in [6.07, 6.45) is 8.53. The summed E-state index contributed by atoms with van der Waals surface area (Å²) in [6, 6.07) is 8.59. The Balaban J connectivity index is 1.47. The van der Waals surface area contributed by atoms with Crippen LogP contribution in [-0.2, 0) is 14.8 Å². The van der Waals surface area contributed by atoms with Crippen LogP contribution >= 0.6 is 0 Å². The van der Waals surface area contributed by atoms with Crippen molar-refractivity contribution < 1.29 is 13.2 Å². The average Bonchev–Trinajstić information content (AvgIpc) is 2.68. The molecule has 1 amide bonds. The van der Waals surface area contributed by atoms with Crippen molar-refractivity contribution >= 4 is 15.9 Å². The van der Waals surface area contributed by atoms with Gasteiger partial charge in [0.2, 0.25) is 15.9 Å². The van der Waals surface area contributed by atoms with Crippen LogP contribution in [0, 0.1) is 11.8 Å². The number of sulfonamides is 1. The molecule has 0 saturated carbocycles. The van der Waals surface area contributed by atoms with Crippen molar-refractivity contribution in [2.24, 2.45) is 11.8 Å². The zero-order valence-corrected chi connectivity index (χ0v) is 15.2. The highest BCUT2D eigenvalue weighted by Crippen LogP contribution is 2.24. The highest BCUT2D eigenvalue weighted by atomic mass is 32.2. The molecule has 1 aromatic carbocycles. The quantitative estimate of drug-likeness (QED) is 0.819. The second kappa shape index (κ2) is 8.15. The summed E-state index contributed by atoms with van der Waals surface area (Å²) in [6.45, 7) is 1.69. The third-order valence-electron chi connectivity index (χ3n) is 5.16. The normalized spacial score (nSPS) is 22.6. The van der Waals surface area contributed by atoms with E-state index in [-0.39, 0.29) is 11.8 Å². The fourth-order valence-electron chi connectivity index (χ4n) is 3.52. The molecule has 5 nitrogen and oxygen atoms in total. The minimum absolute atomic E-state index is 0.101. The first-order valence-electron chi connectivity index (χ1n) is 9.05. The molecule has 1 unspecified atom stereocenters. The summed E-state index contributed by atoms with van der Waals surface area (Å²) in [5.74, 6) is 0.595. The molecule has 0 bridgehead atoms. The number of carbonyl (C=O) groups is 1. The Morgan fingerprint density at radius 3 is 2.44 bits per heavy atom. The monoisotopic (exact) mass is 362 g/mol. The van der Waals surface area contributed by atoms with E-state index in [1.807, 2.05) is 6.07 Å². The zero-order chi connectivity index (χ0) is 17.7. The maximum Gasteiger partial charge on any atom is 0.243 e.